The summed E-state index contributed by atoms with van der Waals surface area (Å²) in [5, 5.41) is 11.9. The topological polar surface area (TPSA) is 75.4 Å². The van der Waals surface area contributed by atoms with Gasteiger partial charge in [-0.1, -0.05) is 6.42 Å². The molecule has 1 aromatic rings. The Morgan fingerprint density at radius 1 is 1.35 bits per heavy atom. The van der Waals surface area contributed by atoms with Gasteiger partial charge in [-0.15, -0.1) is 0 Å². The molecule has 2 atom stereocenters. The van der Waals surface area contributed by atoms with Crippen LogP contribution in [-0.4, -0.2) is 17.1 Å². The summed E-state index contributed by atoms with van der Waals surface area (Å²) in [7, 11) is 0. The van der Waals surface area contributed by atoms with Gasteiger partial charge in [-0.05, 0) is 43.0 Å². The lowest BCUT2D eigenvalue weighted by molar-refractivity contribution is -0.117. The van der Waals surface area contributed by atoms with Crippen LogP contribution < -0.4 is 11.1 Å². The highest BCUT2D eigenvalue weighted by Crippen LogP contribution is 2.27. The highest BCUT2D eigenvalue weighted by Gasteiger charge is 2.25. The molecule has 1 saturated carbocycles. The number of aromatic hydroxyl groups is 1. The number of anilines is 1. The van der Waals surface area contributed by atoms with Gasteiger partial charge in [0.15, 0.2) is 0 Å². The molecule has 0 spiro atoms. The molecule has 1 amide bonds. The van der Waals surface area contributed by atoms with Crippen molar-refractivity contribution >= 4 is 11.6 Å². The predicted molar refractivity (Wildman–Crippen MR) is 66.7 cm³/mol. The van der Waals surface area contributed by atoms with E-state index in [9.17, 15) is 4.79 Å². The van der Waals surface area contributed by atoms with E-state index in [0.717, 1.165) is 19.3 Å². The standard InChI is InChI=1S/C13H18N2O2/c14-12-3-1-2-9(12)8-13(17)15-10-4-6-11(16)7-5-10/h4-7,9,12,16H,1-3,8,14H2,(H,15,17)/t9-,12+/m0/s1. The minimum absolute atomic E-state index is 0.00182. The zero-order valence-electron chi connectivity index (χ0n) is 9.73. The average Bonchev–Trinajstić information content (AvgIpc) is 2.68. The number of nitrogens with one attached hydrogen (secondary N) is 1. The van der Waals surface area contributed by atoms with E-state index in [1.807, 2.05) is 0 Å². The molecule has 0 radical (unpaired) electrons. The monoisotopic (exact) mass is 234 g/mol. The molecule has 0 heterocycles. The lowest BCUT2D eigenvalue weighted by Crippen LogP contribution is -2.28. The van der Waals surface area contributed by atoms with Crippen LogP contribution in [0.25, 0.3) is 0 Å². The van der Waals surface area contributed by atoms with Crippen LogP contribution in [0.5, 0.6) is 5.75 Å². The third-order valence-corrected chi connectivity index (χ3v) is 3.32. The summed E-state index contributed by atoms with van der Waals surface area (Å²) in [6, 6.07) is 6.64. The Morgan fingerprint density at radius 3 is 2.65 bits per heavy atom. The van der Waals surface area contributed by atoms with Crippen molar-refractivity contribution in [2.45, 2.75) is 31.7 Å². The van der Waals surface area contributed by atoms with Crippen molar-refractivity contribution in [3.63, 3.8) is 0 Å². The molecule has 1 fully saturated rings. The number of benzene rings is 1. The maximum atomic E-state index is 11.8. The molecule has 92 valence electrons. The van der Waals surface area contributed by atoms with E-state index in [1.165, 1.54) is 0 Å². The van der Waals surface area contributed by atoms with Gasteiger partial charge in [0, 0.05) is 18.2 Å². The zero-order valence-corrected chi connectivity index (χ0v) is 9.73. The van der Waals surface area contributed by atoms with Gasteiger partial charge in [0.1, 0.15) is 5.75 Å². The normalized spacial score (nSPS) is 23.6. The van der Waals surface area contributed by atoms with Crippen LogP contribution in [0, 0.1) is 5.92 Å². The molecule has 17 heavy (non-hydrogen) atoms. The number of hydrogen-bond acceptors (Lipinski definition) is 3. The smallest absolute Gasteiger partial charge is 0.224 e. The fraction of sp³-hybridized carbons (Fsp3) is 0.462. The molecule has 0 aliphatic heterocycles. The number of carbonyl (C=O) groups excluding carboxylic acids is 1. The maximum Gasteiger partial charge on any atom is 0.224 e. The Labute approximate surface area is 101 Å². The molecule has 2 rings (SSSR count). The summed E-state index contributed by atoms with van der Waals surface area (Å²) < 4.78 is 0. The summed E-state index contributed by atoms with van der Waals surface area (Å²) >= 11 is 0. The third kappa shape index (κ3) is 3.20. The first-order valence-corrected chi connectivity index (χ1v) is 5.99. The van der Waals surface area contributed by atoms with Crippen molar-refractivity contribution in [1.82, 2.24) is 0 Å². The van der Waals surface area contributed by atoms with Gasteiger partial charge in [-0.2, -0.15) is 0 Å². The number of nitrogens with two attached hydrogens (primary N) is 1. The highest BCUT2D eigenvalue weighted by molar-refractivity contribution is 5.90. The molecule has 1 aliphatic carbocycles. The van der Waals surface area contributed by atoms with E-state index in [1.54, 1.807) is 24.3 Å². The van der Waals surface area contributed by atoms with Gasteiger partial charge in [0.25, 0.3) is 0 Å². The number of rotatable bonds is 3. The number of hydrogen-bond donors (Lipinski definition) is 3. The van der Waals surface area contributed by atoms with Crippen molar-refractivity contribution in [1.29, 1.82) is 0 Å². The van der Waals surface area contributed by atoms with Gasteiger partial charge in [-0.3, -0.25) is 4.79 Å². The molecule has 4 heteroatoms. The molecule has 0 aromatic heterocycles. The van der Waals surface area contributed by atoms with Crippen molar-refractivity contribution in [2.24, 2.45) is 11.7 Å². The van der Waals surface area contributed by atoms with E-state index in [2.05, 4.69) is 5.32 Å². The fourth-order valence-electron chi connectivity index (χ4n) is 2.31. The first-order valence-electron chi connectivity index (χ1n) is 5.99. The van der Waals surface area contributed by atoms with Crippen LogP contribution in [0.4, 0.5) is 5.69 Å². The molecule has 1 aromatic carbocycles. The second-order valence-electron chi connectivity index (χ2n) is 4.65. The van der Waals surface area contributed by atoms with Crippen molar-refractivity contribution < 1.29 is 9.90 Å². The fourth-order valence-corrected chi connectivity index (χ4v) is 2.31. The van der Waals surface area contributed by atoms with Crippen LogP contribution >= 0.6 is 0 Å². The zero-order chi connectivity index (χ0) is 12.3. The van der Waals surface area contributed by atoms with Gasteiger partial charge in [0.05, 0.1) is 0 Å². The van der Waals surface area contributed by atoms with E-state index < -0.39 is 0 Å². The Bertz CT molecular complexity index is 389. The van der Waals surface area contributed by atoms with Crippen LogP contribution in [0.15, 0.2) is 24.3 Å². The van der Waals surface area contributed by atoms with E-state index in [4.69, 9.17) is 10.8 Å². The number of phenols is 1. The molecule has 0 bridgehead atoms. The van der Waals surface area contributed by atoms with E-state index in [0.29, 0.717) is 18.0 Å². The second-order valence-corrected chi connectivity index (χ2v) is 4.65. The molecule has 4 nitrogen and oxygen atoms in total. The average molecular weight is 234 g/mol. The maximum absolute atomic E-state index is 11.8. The van der Waals surface area contributed by atoms with Gasteiger partial charge < -0.3 is 16.2 Å². The Balaban J connectivity index is 1.86. The first kappa shape index (κ1) is 11.9. The second kappa shape index (κ2) is 5.19. The van der Waals surface area contributed by atoms with Gasteiger partial charge >= 0.3 is 0 Å². The number of carbonyl (C=O) groups is 1. The minimum atomic E-state index is -0.00182. The van der Waals surface area contributed by atoms with Crippen molar-refractivity contribution in [2.75, 3.05) is 5.32 Å². The van der Waals surface area contributed by atoms with E-state index >= 15 is 0 Å². The van der Waals surface area contributed by atoms with Crippen LogP contribution in [-0.2, 0) is 4.79 Å². The summed E-state index contributed by atoms with van der Waals surface area (Å²) in [6.07, 6.45) is 3.68. The van der Waals surface area contributed by atoms with Crippen LogP contribution in [0.3, 0.4) is 0 Å². The predicted octanol–water partition coefficient (Wildman–Crippen LogP) is 1.85. The van der Waals surface area contributed by atoms with Gasteiger partial charge in [0.2, 0.25) is 5.91 Å². The Morgan fingerprint density at radius 2 is 2.06 bits per heavy atom. The molecule has 0 unspecified atom stereocenters. The Hall–Kier alpha value is -1.55. The molecule has 1 aliphatic rings. The molecular formula is C13H18N2O2. The van der Waals surface area contributed by atoms with Crippen LogP contribution in [0.1, 0.15) is 25.7 Å². The molecule has 4 N–H and O–H groups in total. The molecule has 0 saturated heterocycles. The lowest BCUT2D eigenvalue weighted by Gasteiger charge is -2.14. The number of amides is 1. The van der Waals surface area contributed by atoms with Crippen LogP contribution in [0.2, 0.25) is 0 Å². The highest BCUT2D eigenvalue weighted by atomic mass is 16.3. The SMILES string of the molecule is N[C@@H]1CCC[C@H]1CC(=O)Nc1ccc(O)cc1. The summed E-state index contributed by atoms with van der Waals surface area (Å²) in [5.41, 5.74) is 6.64. The Kier molecular flexibility index (Phi) is 3.64. The third-order valence-electron chi connectivity index (χ3n) is 3.32. The molecular weight excluding hydrogens is 216 g/mol. The minimum Gasteiger partial charge on any atom is -0.508 e. The van der Waals surface area contributed by atoms with E-state index in [-0.39, 0.29) is 17.7 Å². The number of phenolic OH excluding ortho intramolecular Hbond substituents is 1. The summed E-state index contributed by atoms with van der Waals surface area (Å²) in [6.45, 7) is 0. The van der Waals surface area contributed by atoms with Crippen molar-refractivity contribution in [3.8, 4) is 5.75 Å². The quantitative estimate of drug-likeness (QED) is 0.699. The summed E-state index contributed by atoms with van der Waals surface area (Å²) in [4.78, 5) is 11.8. The van der Waals surface area contributed by atoms with Gasteiger partial charge in [-0.25, -0.2) is 0 Å². The first-order chi connectivity index (χ1) is 8.15. The summed E-state index contributed by atoms with van der Waals surface area (Å²) in [5.74, 6) is 0.506. The largest absolute Gasteiger partial charge is 0.508 e. The van der Waals surface area contributed by atoms with Crippen molar-refractivity contribution in [3.05, 3.63) is 24.3 Å². The lowest BCUT2D eigenvalue weighted by atomic mass is 10.00.